The van der Waals surface area contributed by atoms with E-state index in [9.17, 15) is 0 Å². The minimum absolute atomic E-state index is 0.289. The van der Waals surface area contributed by atoms with Gasteiger partial charge in [-0.15, -0.1) is 0 Å². The highest BCUT2D eigenvalue weighted by atomic mass is 16.5. The summed E-state index contributed by atoms with van der Waals surface area (Å²) in [6, 6.07) is 0. The first-order valence-corrected chi connectivity index (χ1v) is 8.27. The number of anilines is 1. The van der Waals surface area contributed by atoms with Crippen LogP contribution in [-0.4, -0.2) is 51.7 Å². The Morgan fingerprint density at radius 1 is 1.26 bits per heavy atom. The Morgan fingerprint density at radius 3 is 3.00 bits per heavy atom. The minimum atomic E-state index is 0.289. The van der Waals surface area contributed by atoms with Gasteiger partial charge in [-0.25, -0.2) is 9.97 Å². The van der Waals surface area contributed by atoms with Crippen molar-refractivity contribution in [2.45, 2.75) is 38.6 Å². The summed E-state index contributed by atoms with van der Waals surface area (Å²) >= 11 is 0. The van der Waals surface area contributed by atoms with Crippen LogP contribution in [-0.2, 0) is 13.0 Å². The van der Waals surface area contributed by atoms with Crippen molar-refractivity contribution in [1.29, 1.82) is 0 Å². The summed E-state index contributed by atoms with van der Waals surface area (Å²) in [5, 5.41) is 3.93. The van der Waals surface area contributed by atoms with Gasteiger partial charge in [0, 0.05) is 38.2 Å². The van der Waals surface area contributed by atoms with Crippen molar-refractivity contribution in [3.63, 3.8) is 0 Å². The quantitative estimate of drug-likeness (QED) is 0.832. The van der Waals surface area contributed by atoms with Gasteiger partial charge in [-0.2, -0.15) is 4.98 Å². The molecular formula is C16H22N6O. The van der Waals surface area contributed by atoms with Crippen molar-refractivity contribution in [3.8, 4) is 0 Å². The fraction of sp³-hybridized carbons (Fsp3) is 0.625. The Kier molecular flexibility index (Phi) is 3.72. The maximum Gasteiger partial charge on any atom is 0.231 e. The maximum absolute atomic E-state index is 5.39. The molecular weight excluding hydrogens is 292 g/mol. The van der Waals surface area contributed by atoms with Crippen molar-refractivity contribution in [1.82, 2.24) is 25.0 Å². The Morgan fingerprint density at radius 2 is 2.17 bits per heavy atom. The SMILES string of the molecule is Cc1noc(C2CCCN(c3ncnc4c3CN(C)CC4)C2)n1. The molecule has 0 radical (unpaired) electrons. The first-order chi connectivity index (χ1) is 11.2. The molecule has 0 aliphatic carbocycles. The van der Waals surface area contributed by atoms with Gasteiger partial charge in [0.05, 0.1) is 11.6 Å². The minimum Gasteiger partial charge on any atom is -0.355 e. The third-order valence-corrected chi connectivity index (χ3v) is 4.78. The molecule has 0 saturated carbocycles. The van der Waals surface area contributed by atoms with E-state index >= 15 is 0 Å². The monoisotopic (exact) mass is 314 g/mol. The second kappa shape index (κ2) is 5.88. The molecule has 4 heterocycles. The number of aromatic nitrogens is 4. The van der Waals surface area contributed by atoms with Gasteiger partial charge in [-0.05, 0) is 26.8 Å². The normalized spacial score (nSPS) is 22.2. The van der Waals surface area contributed by atoms with Crippen molar-refractivity contribution in [3.05, 3.63) is 29.3 Å². The summed E-state index contributed by atoms with van der Waals surface area (Å²) < 4.78 is 5.39. The fourth-order valence-corrected chi connectivity index (χ4v) is 3.58. The molecule has 2 aliphatic rings. The Balaban J connectivity index is 1.61. The molecule has 1 fully saturated rings. The summed E-state index contributed by atoms with van der Waals surface area (Å²) in [5.74, 6) is 2.84. The van der Waals surface area contributed by atoms with E-state index in [1.54, 1.807) is 6.33 Å². The molecule has 1 saturated heterocycles. The molecule has 1 atom stereocenters. The molecule has 2 aromatic rings. The number of hydrogen-bond donors (Lipinski definition) is 0. The van der Waals surface area contributed by atoms with E-state index in [2.05, 4.69) is 37.0 Å². The number of rotatable bonds is 2. The van der Waals surface area contributed by atoms with Crippen LogP contribution in [0, 0.1) is 6.92 Å². The van der Waals surface area contributed by atoms with Crippen LogP contribution in [0.15, 0.2) is 10.9 Å². The summed E-state index contributed by atoms with van der Waals surface area (Å²) in [6.45, 7) is 5.76. The smallest absolute Gasteiger partial charge is 0.231 e. The lowest BCUT2D eigenvalue weighted by atomic mass is 9.97. The summed E-state index contributed by atoms with van der Waals surface area (Å²) in [6.07, 6.45) is 4.91. The molecule has 0 bridgehead atoms. The van der Waals surface area contributed by atoms with Crippen LogP contribution in [0.4, 0.5) is 5.82 Å². The van der Waals surface area contributed by atoms with Gasteiger partial charge in [0.25, 0.3) is 0 Å². The molecule has 2 aliphatic heterocycles. The lowest BCUT2D eigenvalue weighted by molar-refractivity contribution is 0.307. The van der Waals surface area contributed by atoms with Gasteiger partial charge >= 0.3 is 0 Å². The van der Waals surface area contributed by atoms with E-state index in [1.807, 2.05) is 6.92 Å². The number of aryl methyl sites for hydroxylation is 1. The highest BCUT2D eigenvalue weighted by Crippen LogP contribution is 2.31. The van der Waals surface area contributed by atoms with Crippen molar-refractivity contribution in [2.75, 3.05) is 31.6 Å². The molecule has 23 heavy (non-hydrogen) atoms. The van der Waals surface area contributed by atoms with Crippen LogP contribution >= 0.6 is 0 Å². The molecule has 0 aromatic carbocycles. The first kappa shape index (κ1) is 14.6. The van der Waals surface area contributed by atoms with Crippen molar-refractivity contribution >= 4 is 5.82 Å². The fourth-order valence-electron chi connectivity index (χ4n) is 3.58. The molecule has 7 heteroatoms. The van der Waals surface area contributed by atoms with Gasteiger partial charge in [0.2, 0.25) is 5.89 Å². The van der Waals surface area contributed by atoms with Gasteiger partial charge < -0.3 is 14.3 Å². The number of fused-ring (bicyclic) bond motifs is 1. The van der Waals surface area contributed by atoms with Crippen molar-refractivity contribution in [2.24, 2.45) is 0 Å². The summed E-state index contributed by atoms with van der Waals surface area (Å²) in [7, 11) is 2.15. The Bertz CT molecular complexity index is 700. The Labute approximate surface area is 135 Å². The number of likely N-dealkylation sites (N-methyl/N-ethyl adjacent to an activating group) is 1. The van der Waals surface area contributed by atoms with E-state index in [4.69, 9.17) is 4.52 Å². The number of piperidine rings is 1. The predicted molar refractivity (Wildman–Crippen MR) is 85.3 cm³/mol. The van der Waals surface area contributed by atoms with Gasteiger partial charge in [-0.3, -0.25) is 0 Å². The third-order valence-electron chi connectivity index (χ3n) is 4.78. The van der Waals surface area contributed by atoms with Crippen LogP contribution in [0.3, 0.4) is 0 Å². The zero-order valence-corrected chi connectivity index (χ0v) is 13.7. The second-order valence-electron chi connectivity index (χ2n) is 6.58. The molecule has 122 valence electrons. The molecule has 7 nitrogen and oxygen atoms in total. The van der Waals surface area contributed by atoms with E-state index in [0.717, 1.165) is 57.2 Å². The lowest BCUT2D eigenvalue weighted by Crippen LogP contribution is -2.37. The molecule has 1 unspecified atom stereocenters. The zero-order valence-electron chi connectivity index (χ0n) is 13.7. The number of hydrogen-bond acceptors (Lipinski definition) is 7. The van der Waals surface area contributed by atoms with Crippen LogP contribution < -0.4 is 4.90 Å². The van der Waals surface area contributed by atoms with Crippen LogP contribution in [0.5, 0.6) is 0 Å². The maximum atomic E-state index is 5.39. The topological polar surface area (TPSA) is 71.2 Å². The van der Waals surface area contributed by atoms with Gasteiger partial charge in [0.15, 0.2) is 5.82 Å². The van der Waals surface area contributed by atoms with E-state index in [0.29, 0.717) is 5.82 Å². The number of nitrogens with zero attached hydrogens (tertiary/aromatic N) is 6. The van der Waals surface area contributed by atoms with E-state index in [-0.39, 0.29) is 5.92 Å². The van der Waals surface area contributed by atoms with E-state index in [1.165, 1.54) is 11.3 Å². The standard InChI is InChI=1S/C16H22N6O/c1-11-19-16(23-20-11)12-4-3-6-22(8-12)15-13-9-21(2)7-5-14(13)17-10-18-15/h10,12H,3-9H2,1-2H3. The summed E-state index contributed by atoms with van der Waals surface area (Å²) in [5.41, 5.74) is 2.48. The molecule has 2 aromatic heterocycles. The predicted octanol–water partition coefficient (Wildman–Crippen LogP) is 1.54. The summed E-state index contributed by atoms with van der Waals surface area (Å²) in [4.78, 5) is 18.2. The van der Waals surface area contributed by atoms with E-state index < -0.39 is 0 Å². The molecule has 4 rings (SSSR count). The molecule has 0 amide bonds. The van der Waals surface area contributed by atoms with Crippen LogP contribution in [0.2, 0.25) is 0 Å². The largest absolute Gasteiger partial charge is 0.355 e. The Hall–Kier alpha value is -2.02. The first-order valence-electron chi connectivity index (χ1n) is 8.27. The van der Waals surface area contributed by atoms with Crippen molar-refractivity contribution < 1.29 is 4.52 Å². The molecule has 0 N–H and O–H groups in total. The third kappa shape index (κ3) is 2.81. The van der Waals surface area contributed by atoms with Gasteiger partial charge in [-0.1, -0.05) is 5.16 Å². The molecule has 0 spiro atoms. The van der Waals surface area contributed by atoms with Gasteiger partial charge in [0.1, 0.15) is 12.1 Å². The average Bonchev–Trinajstić information content (AvgIpc) is 3.01. The highest BCUT2D eigenvalue weighted by Gasteiger charge is 2.29. The second-order valence-corrected chi connectivity index (χ2v) is 6.58. The zero-order chi connectivity index (χ0) is 15.8. The average molecular weight is 314 g/mol. The highest BCUT2D eigenvalue weighted by molar-refractivity contribution is 5.50. The lowest BCUT2D eigenvalue weighted by Gasteiger charge is -2.35. The van der Waals surface area contributed by atoms with Crippen LogP contribution in [0.1, 0.15) is 41.7 Å². The van der Waals surface area contributed by atoms with Crippen LogP contribution in [0.25, 0.3) is 0 Å².